The van der Waals surface area contributed by atoms with Gasteiger partial charge < -0.3 is 61.9 Å². The third-order valence-electron chi connectivity index (χ3n) is 7.46. The van der Waals surface area contributed by atoms with Gasteiger partial charge in [-0.05, 0) is 33.2 Å². The fourth-order valence-electron chi connectivity index (χ4n) is 4.92. The Kier molecular flexibility index (Phi) is 27.2. The zero-order chi connectivity index (χ0) is 36.4. The van der Waals surface area contributed by atoms with E-state index in [9.17, 15) is 0 Å². The summed E-state index contributed by atoms with van der Waals surface area (Å²) in [4.78, 5) is 0. The van der Waals surface area contributed by atoms with Gasteiger partial charge in [-0.15, -0.1) is 0 Å². The Bertz CT molecular complexity index is 1190. The number of rotatable bonds is 37. The van der Waals surface area contributed by atoms with Crippen LogP contribution in [0.15, 0.2) is 54.6 Å². The highest BCUT2D eigenvalue weighted by Crippen LogP contribution is 2.29. The summed E-state index contributed by atoms with van der Waals surface area (Å²) in [6.45, 7) is 12.0. The number of fused-ring (bicyclic) bond motifs is 2. The Morgan fingerprint density at radius 2 is 0.558 bits per heavy atom. The molecular formula is C39H60O13. The van der Waals surface area contributed by atoms with Crippen molar-refractivity contribution < 1.29 is 61.9 Å². The lowest BCUT2D eigenvalue weighted by Crippen LogP contribution is -2.15. The molecule has 13 nitrogen and oxygen atoms in total. The average molecular weight is 737 g/mol. The van der Waals surface area contributed by atoms with E-state index in [1.54, 1.807) is 0 Å². The maximum Gasteiger partial charge on any atom is 0.0730 e. The van der Waals surface area contributed by atoms with Crippen LogP contribution < -0.4 is 0 Å². The highest BCUT2D eigenvalue weighted by molar-refractivity contribution is 6.02. The van der Waals surface area contributed by atoms with Gasteiger partial charge in [0.15, 0.2) is 0 Å². The van der Waals surface area contributed by atoms with Gasteiger partial charge in [0.1, 0.15) is 0 Å². The molecule has 3 aromatic carbocycles. The van der Waals surface area contributed by atoms with Crippen LogP contribution in [0.2, 0.25) is 0 Å². The van der Waals surface area contributed by atoms with Crippen molar-refractivity contribution in [2.45, 2.75) is 6.61 Å². The quantitative estimate of drug-likeness (QED) is 0.0683. The minimum absolute atomic E-state index is 0.0240. The second kappa shape index (κ2) is 32.1. The first-order valence-corrected chi connectivity index (χ1v) is 18.3. The molecule has 0 aliphatic carbocycles. The van der Waals surface area contributed by atoms with Gasteiger partial charge in [0.25, 0.3) is 0 Å². The monoisotopic (exact) mass is 736 g/mol. The highest BCUT2D eigenvalue weighted by Gasteiger charge is 2.07. The van der Waals surface area contributed by atoms with Crippen LogP contribution in [-0.4, -0.2) is 164 Å². The minimum Gasteiger partial charge on any atom is -0.394 e. The Hall–Kier alpha value is -2.34. The number of hydrogen-bond donors (Lipinski definition) is 1. The molecule has 3 rings (SSSR count). The van der Waals surface area contributed by atoms with Crippen LogP contribution in [-0.2, 0) is 63.4 Å². The van der Waals surface area contributed by atoms with Crippen molar-refractivity contribution >= 4 is 21.5 Å². The van der Waals surface area contributed by atoms with Crippen LogP contribution >= 0.6 is 0 Å². The zero-order valence-electron chi connectivity index (χ0n) is 30.7. The molecule has 52 heavy (non-hydrogen) atoms. The van der Waals surface area contributed by atoms with E-state index in [0.29, 0.717) is 159 Å². The summed E-state index contributed by atoms with van der Waals surface area (Å²) in [5.74, 6) is 0. The van der Waals surface area contributed by atoms with E-state index in [-0.39, 0.29) is 6.61 Å². The fourth-order valence-corrected chi connectivity index (χ4v) is 4.92. The van der Waals surface area contributed by atoms with Gasteiger partial charge in [-0.3, -0.25) is 0 Å². The normalized spacial score (nSPS) is 11.7. The molecule has 0 aromatic heterocycles. The molecule has 3 aromatic rings. The molecule has 0 radical (unpaired) electrons. The zero-order valence-corrected chi connectivity index (χ0v) is 30.7. The summed E-state index contributed by atoms with van der Waals surface area (Å²) in [5.41, 5.74) is 1.21. The summed E-state index contributed by atoms with van der Waals surface area (Å²) in [7, 11) is 0. The Morgan fingerprint density at radius 3 is 0.846 bits per heavy atom. The van der Waals surface area contributed by atoms with Crippen molar-refractivity contribution in [2.75, 3.05) is 159 Å². The molecule has 0 fully saturated rings. The molecule has 0 unspecified atom stereocenters. The molecule has 0 saturated carbocycles. The van der Waals surface area contributed by atoms with Crippen LogP contribution in [0.5, 0.6) is 0 Å². The third-order valence-corrected chi connectivity index (χ3v) is 7.46. The first-order valence-electron chi connectivity index (χ1n) is 18.3. The van der Waals surface area contributed by atoms with Gasteiger partial charge in [-0.2, -0.15) is 0 Å². The Balaban J connectivity index is 0.960. The smallest absolute Gasteiger partial charge is 0.0730 e. The van der Waals surface area contributed by atoms with Gasteiger partial charge in [0.05, 0.1) is 165 Å². The molecule has 294 valence electrons. The van der Waals surface area contributed by atoms with E-state index in [1.807, 2.05) is 0 Å². The van der Waals surface area contributed by atoms with Crippen LogP contribution in [0.25, 0.3) is 21.5 Å². The predicted octanol–water partition coefficient (Wildman–Crippen LogP) is 3.68. The SMILES string of the molecule is OCCOCCOCCOCCOCCOCCOCCOCCOCCOCCOCCOCCOCc1c2ccccc2cc2ccccc12. The van der Waals surface area contributed by atoms with Crippen LogP contribution in [0.4, 0.5) is 0 Å². The first kappa shape index (κ1) is 44.1. The maximum absolute atomic E-state index is 8.59. The molecule has 0 bridgehead atoms. The van der Waals surface area contributed by atoms with Crippen LogP contribution in [0.1, 0.15) is 5.56 Å². The van der Waals surface area contributed by atoms with Crippen molar-refractivity contribution in [3.8, 4) is 0 Å². The number of ether oxygens (including phenoxy) is 12. The van der Waals surface area contributed by atoms with E-state index in [4.69, 9.17) is 61.9 Å². The summed E-state index contributed by atoms with van der Waals surface area (Å²) in [6, 6.07) is 19.1. The van der Waals surface area contributed by atoms with E-state index in [1.165, 1.54) is 27.1 Å². The fraction of sp³-hybridized carbons (Fsp3) is 0.641. The number of benzene rings is 3. The van der Waals surface area contributed by atoms with Crippen molar-refractivity contribution in [3.05, 3.63) is 60.2 Å². The van der Waals surface area contributed by atoms with Crippen molar-refractivity contribution in [2.24, 2.45) is 0 Å². The largest absolute Gasteiger partial charge is 0.394 e. The standard InChI is InChI=1S/C39H60O13/c40-9-10-41-11-12-42-13-14-43-15-16-44-17-18-45-19-20-46-21-22-47-23-24-48-25-26-49-27-28-50-29-30-51-31-32-52-34-39-37-7-3-1-5-35(37)33-36-6-2-4-8-38(36)39/h1-8,33,40H,9-32,34H2. The molecule has 0 atom stereocenters. The van der Waals surface area contributed by atoms with E-state index >= 15 is 0 Å². The van der Waals surface area contributed by atoms with Gasteiger partial charge in [-0.1, -0.05) is 48.5 Å². The van der Waals surface area contributed by atoms with E-state index in [0.717, 1.165) is 0 Å². The van der Waals surface area contributed by atoms with Gasteiger partial charge in [0, 0.05) is 0 Å². The number of aliphatic hydroxyl groups excluding tert-OH is 1. The molecule has 13 heteroatoms. The first-order chi connectivity index (χ1) is 25.9. The Morgan fingerprint density at radius 1 is 0.308 bits per heavy atom. The van der Waals surface area contributed by atoms with Crippen LogP contribution in [0.3, 0.4) is 0 Å². The summed E-state index contributed by atoms with van der Waals surface area (Å²) in [5, 5.41) is 13.5. The lowest BCUT2D eigenvalue weighted by atomic mass is 9.97. The molecule has 1 N–H and O–H groups in total. The minimum atomic E-state index is 0.0240. The molecule has 0 saturated heterocycles. The highest BCUT2D eigenvalue weighted by atomic mass is 16.6. The van der Waals surface area contributed by atoms with Gasteiger partial charge >= 0.3 is 0 Å². The lowest BCUT2D eigenvalue weighted by molar-refractivity contribution is -0.0287. The molecule has 0 heterocycles. The molecule has 0 spiro atoms. The Labute approximate surface area is 308 Å². The lowest BCUT2D eigenvalue weighted by Gasteiger charge is -2.12. The number of hydrogen-bond acceptors (Lipinski definition) is 13. The van der Waals surface area contributed by atoms with Crippen molar-refractivity contribution in [3.63, 3.8) is 0 Å². The molecule has 0 aliphatic heterocycles. The van der Waals surface area contributed by atoms with E-state index < -0.39 is 0 Å². The number of aliphatic hydroxyl groups is 1. The van der Waals surface area contributed by atoms with E-state index in [2.05, 4.69) is 54.6 Å². The third kappa shape index (κ3) is 21.4. The molecular weight excluding hydrogens is 676 g/mol. The predicted molar refractivity (Wildman–Crippen MR) is 197 cm³/mol. The second-order valence-corrected chi connectivity index (χ2v) is 11.3. The van der Waals surface area contributed by atoms with Gasteiger partial charge in [-0.25, -0.2) is 0 Å². The summed E-state index contributed by atoms with van der Waals surface area (Å²) >= 11 is 0. The second-order valence-electron chi connectivity index (χ2n) is 11.3. The summed E-state index contributed by atoms with van der Waals surface area (Å²) in [6.07, 6.45) is 0. The van der Waals surface area contributed by atoms with Crippen molar-refractivity contribution in [1.29, 1.82) is 0 Å². The summed E-state index contributed by atoms with van der Waals surface area (Å²) < 4.78 is 66.0. The topological polar surface area (TPSA) is 131 Å². The van der Waals surface area contributed by atoms with Crippen molar-refractivity contribution in [1.82, 2.24) is 0 Å². The molecule has 0 amide bonds. The van der Waals surface area contributed by atoms with Crippen LogP contribution in [0, 0.1) is 0 Å². The maximum atomic E-state index is 8.59. The average Bonchev–Trinajstić information content (AvgIpc) is 3.17. The molecule has 0 aliphatic rings. The van der Waals surface area contributed by atoms with Gasteiger partial charge in [0.2, 0.25) is 0 Å².